The second-order valence-electron chi connectivity index (χ2n) is 2.70. The third kappa shape index (κ3) is 1.78. The highest BCUT2D eigenvalue weighted by molar-refractivity contribution is 6.48. The van der Waals surface area contributed by atoms with Gasteiger partial charge in [0.1, 0.15) is 0 Å². The molecule has 0 saturated carbocycles. The summed E-state index contributed by atoms with van der Waals surface area (Å²) in [6, 6.07) is 0. The molecule has 6 nitrogen and oxygen atoms in total. The van der Waals surface area contributed by atoms with Crippen molar-refractivity contribution < 1.29 is 4.79 Å². The Morgan fingerprint density at radius 1 is 1.33 bits per heavy atom. The zero-order valence-corrected chi connectivity index (χ0v) is 8.81. The highest BCUT2D eigenvalue weighted by atomic mass is 16.1. The van der Waals surface area contributed by atoms with Gasteiger partial charge in [-0.05, 0) is 0 Å². The number of nitrogens with zero attached hydrogens (tertiary/aromatic N) is 3. The molecular weight excluding hydrogens is 196 g/mol. The molecule has 2 N–H and O–H groups in total. The Balaban J connectivity index is 0.000000531. The van der Waals surface area contributed by atoms with Gasteiger partial charge in [-0.15, -0.1) is 0 Å². The van der Waals surface area contributed by atoms with Gasteiger partial charge < -0.3 is 10.3 Å². The van der Waals surface area contributed by atoms with Crippen LogP contribution in [0.1, 0.15) is 24.2 Å². The van der Waals surface area contributed by atoms with E-state index >= 15 is 0 Å². The second kappa shape index (κ2) is 4.04. The lowest BCUT2D eigenvalue weighted by Gasteiger charge is -1.97. The van der Waals surface area contributed by atoms with Crippen molar-refractivity contribution in [1.82, 2.24) is 9.55 Å². The zero-order chi connectivity index (χ0) is 11.6. The van der Waals surface area contributed by atoms with Gasteiger partial charge in [0.05, 0.1) is 5.56 Å². The number of fused-ring (bicyclic) bond motifs is 1. The molecule has 0 saturated heterocycles. The third-order valence-electron chi connectivity index (χ3n) is 1.77. The van der Waals surface area contributed by atoms with Gasteiger partial charge in [0.15, 0.2) is 11.7 Å². The van der Waals surface area contributed by atoms with Gasteiger partial charge in [0.2, 0.25) is 5.78 Å². The van der Waals surface area contributed by atoms with Crippen molar-refractivity contribution in [2.75, 3.05) is 0 Å². The van der Waals surface area contributed by atoms with Gasteiger partial charge in [-0.1, -0.05) is 13.8 Å². The van der Waals surface area contributed by atoms with Crippen molar-refractivity contribution in [2.24, 2.45) is 17.8 Å². The van der Waals surface area contributed by atoms with E-state index < -0.39 is 5.69 Å². The monoisotopic (exact) mass is 208 g/mol. The van der Waals surface area contributed by atoms with Gasteiger partial charge in [0, 0.05) is 13.2 Å². The van der Waals surface area contributed by atoms with E-state index in [0.717, 1.165) is 0 Å². The molecule has 0 spiro atoms. The summed E-state index contributed by atoms with van der Waals surface area (Å²) in [6.07, 6.45) is 1.39. The molecule has 0 bridgehead atoms. The van der Waals surface area contributed by atoms with Gasteiger partial charge in [-0.2, -0.15) is 4.98 Å². The van der Waals surface area contributed by atoms with Gasteiger partial charge in [-0.25, -0.2) is 9.79 Å². The zero-order valence-electron chi connectivity index (χ0n) is 8.81. The average Bonchev–Trinajstić information content (AvgIpc) is 2.49. The Morgan fingerprint density at radius 2 is 1.93 bits per heavy atom. The largest absolute Gasteiger partial charge is 0.380 e. The van der Waals surface area contributed by atoms with Crippen molar-refractivity contribution in [3.05, 3.63) is 22.2 Å². The predicted molar refractivity (Wildman–Crippen MR) is 56.4 cm³/mol. The van der Waals surface area contributed by atoms with Crippen molar-refractivity contribution >= 4 is 17.4 Å². The molecule has 1 aliphatic heterocycles. The van der Waals surface area contributed by atoms with E-state index in [0.29, 0.717) is 0 Å². The molecule has 2 heterocycles. The topological polar surface area (TPSA) is 90.3 Å². The second-order valence-corrected chi connectivity index (χ2v) is 2.70. The molecule has 80 valence electrons. The lowest BCUT2D eigenvalue weighted by molar-refractivity contribution is 0.106. The van der Waals surface area contributed by atoms with E-state index in [2.05, 4.69) is 9.98 Å². The summed E-state index contributed by atoms with van der Waals surface area (Å²) in [7, 11) is 1.51. The number of Topliss-reactive ketones (excluding diaryl/α,β-unsaturated/α-hetero) is 1. The van der Waals surface area contributed by atoms with Crippen LogP contribution in [-0.2, 0) is 7.05 Å². The number of hydrogen-bond donors (Lipinski definition) is 1. The van der Waals surface area contributed by atoms with Gasteiger partial charge >= 0.3 is 5.69 Å². The molecule has 1 aromatic heterocycles. The molecule has 1 aliphatic rings. The molecule has 2 rings (SSSR count). The molecule has 6 heteroatoms. The van der Waals surface area contributed by atoms with E-state index in [1.54, 1.807) is 0 Å². The molecule has 1 aromatic rings. The standard InChI is InChI=1S/C7H6N4O2.C2H6/c1-11-2-3-4(12)5(8)9-6(3)10-7(11)13;1-2/h2H,1H3,(H2,8,9,10,13);1-2H3. The fourth-order valence-electron chi connectivity index (χ4n) is 1.08. The van der Waals surface area contributed by atoms with Crippen LogP contribution in [-0.4, -0.2) is 21.2 Å². The molecule has 0 radical (unpaired) electrons. The number of rotatable bonds is 0. The minimum absolute atomic E-state index is 0.116. The fraction of sp³-hybridized carbons (Fsp3) is 0.333. The first kappa shape index (κ1) is 11.1. The quantitative estimate of drug-likeness (QED) is 0.649. The van der Waals surface area contributed by atoms with Crippen LogP contribution in [0.3, 0.4) is 0 Å². The Kier molecular flexibility index (Phi) is 2.99. The SMILES string of the molecule is CC.Cn1cc2c(nc1=O)N=C(N)C2=O. The fourth-order valence-corrected chi connectivity index (χ4v) is 1.08. The predicted octanol–water partition coefficient (Wildman–Crippen LogP) is -0.00850. The number of nitrogens with two attached hydrogens (primary N) is 1. The highest BCUT2D eigenvalue weighted by Gasteiger charge is 2.24. The summed E-state index contributed by atoms with van der Waals surface area (Å²) < 4.78 is 1.21. The van der Waals surface area contributed by atoms with Crippen LogP contribution in [0.25, 0.3) is 0 Å². The first-order valence-electron chi connectivity index (χ1n) is 4.56. The number of aryl methyl sites for hydroxylation is 1. The van der Waals surface area contributed by atoms with Gasteiger partial charge in [-0.3, -0.25) is 4.79 Å². The van der Waals surface area contributed by atoms with E-state index in [1.165, 1.54) is 17.8 Å². The van der Waals surface area contributed by atoms with Gasteiger partial charge in [0.25, 0.3) is 0 Å². The van der Waals surface area contributed by atoms with E-state index in [1.807, 2.05) is 13.8 Å². The summed E-state index contributed by atoms with van der Waals surface area (Å²) in [5, 5.41) is 0. The maximum Gasteiger partial charge on any atom is 0.349 e. The number of ketones is 1. The molecule has 0 aliphatic carbocycles. The Hall–Kier alpha value is -1.98. The van der Waals surface area contributed by atoms with E-state index in [4.69, 9.17) is 5.73 Å². The Bertz CT molecular complexity index is 487. The normalized spacial score (nSPS) is 12.7. The molecule has 0 fully saturated rings. The lowest BCUT2D eigenvalue weighted by atomic mass is 10.2. The smallest absolute Gasteiger partial charge is 0.349 e. The van der Waals surface area contributed by atoms with Crippen LogP contribution in [0.15, 0.2) is 16.0 Å². The average molecular weight is 208 g/mol. The van der Waals surface area contributed by atoms with Crippen LogP contribution in [0, 0.1) is 0 Å². The first-order valence-corrected chi connectivity index (χ1v) is 4.56. The molecular formula is C9H12N4O2. The van der Waals surface area contributed by atoms with Crippen molar-refractivity contribution in [3.63, 3.8) is 0 Å². The highest BCUT2D eigenvalue weighted by Crippen LogP contribution is 2.19. The van der Waals surface area contributed by atoms with Crippen molar-refractivity contribution in [1.29, 1.82) is 0 Å². The van der Waals surface area contributed by atoms with E-state index in [-0.39, 0.29) is 23.0 Å². The van der Waals surface area contributed by atoms with Crippen molar-refractivity contribution in [3.8, 4) is 0 Å². The Morgan fingerprint density at radius 3 is 2.53 bits per heavy atom. The Labute approximate surface area is 86.5 Å². The van der Waals surface area contributed by atoms with Crippen LogP contribution >= 0.6 is 0 Å². The number of carbonyl (C=O) groups excluding carboxylic acids is 1. The van der Waals surface area contributed by atoms with Crippen LogP contribution in [0.2, 0.25) is 0 Å². The molecule has 0 aromatic carbocycles. The molecule has 15 heavy (non-hydrogen) atoms. The maximum absolute atomic E-state index is 11.2. The number of hydrogen-bond acceptors (Lipinski definition) is 5. The summed E-state index contributed by atoms with van der Waals surface area (Å²) in [4.78, 5) is 29.5. The summed E-state index contributed by atoms with van der Waals surface area (Å²) in [5.74, 6) is -0.378. The maximum atomic E-state index is 11.2. The molecule has 0 atom stereocenters. The number of aliphatic imine (C=N–C) groups is 1. The molecule has 0 amide bonds. The van der Waals surface area contributed by atoms with E-state index in [9.17, 15) is 9.59 Å². The van der Waals surface area contributed by atoms with Crippen LogP contribution in [0.4, 0.5) is 5.82 Å². The molecule has 0 unspecified atom stereocenters. The first-order chi connectivity index (χ1) is 7.09. The number of amidine groups is 1. The number of aromatic nitrogens is 2. The summed E-state index contributed by atoms with van der Waals surface area (Å²) in [5.41, 5.74) is 5.10. The van der Waals surface area contributed by atoms with Crippen molar-refractivity contribution in [2.45, 2.75) is 13.8 Å². The summed E-state index contributed by atoms with van der Waals surface area (Å²) >= 11 is 0. The summed E-state index contributed by atoms with van der Waals surface area (Å²) in [6.45, 7) is 4.00. The minimum Gasteiger partial charge on any atom is -0.380 e. The number of carbonyl (C=O) groups is 1. The third-order valence-corrected chi connectivity index (χ3v) is 1.77. The lowest BCUT2D eigenvalue weighted by Crippen LogP contribution is -2.22. The van der Waals surface area contributed by atoms with Crippen LogP contribution in [0.5, 0.6) is 0 Å². The minimum atomic E-state index is -0.454. The van der Waals surface area contributed by atoms with Crippen LogP contribution < -0.4 is 11.4 Å².